The van der Waals surface area contributed by atoms with Crippen LogP contribution in [0.5, 0.6) is 0 Å². The summed E-state index contributed by atoms with van der Waals surface area (Å²) >= 11 is 5.67. The van der Waals surface area contributed by atoms with E-state index in [1.165, 1.54) is 0 Å². The van der Waals surface area contributed by atoms with E-state index >= 15 is 0 Å². The standard InChI is InChI=1S/C8H6ClF2N3O2/c1-8(10,11)4-3-5(9)12-2-13-6(3)14-7(15)16-4/h2,4H,1H3,(H,12,13,14,15)/t4-/m1/s1. The molecule has 0 radical (unpaired) electrons. The third-order valence-corrected chi connectivity index (χ3v) is 2.30. The lowest BCUT2D eigenvalue weighted by Gasteiger charge is -2.29. The average Bonchev–Trinajstić information content (AvgIpc) is 2.15. The highest BCUT2D eigenvalue weighted by atomic mass is 35.5. The quantitative estimate of drug-likeness (QED) is 0.776. The van der Waals surface area contributed by atoms with Crippen molar-refractivity contribution < 1.29 is 18.3 Å². The van der Waals surface area contributed by atoms with Gasteiger partial charge < -0.3 is 4.74 Å². The second-order valence-corrected chi connectivity index (χ2v) is 3.65. The molecule has 16 heavy (non-hydrogen) atoms. The topological polar surface area (TPSA) is 64.1 Å². The lowest BCUT2D eigenvalue weighted by molar-refractivity contribution is -0.0987. The number of anilines is 1. The molecule has 0 spiro atoms. The SMILES string of the molecule is CC(F)(F)[C@@H]1OC(=O)Nc2ncnc(Cl)c21. The van der Waals surface area contributed by atoms with E-state index in [2.05, 4.69) is 20.0 Å². The Morgan fingerprint density at radius 1 is 1.56 bits per heavy atom. The van der Waals surface area contributed by atoms with E-state index in [0.717, 1.165) is 6.33 Å². The van der Waals surface area contributed by atoms with Gasteiger partial charge in [-0.1, -0.05) is 11.6 Å². The van der Waals surface area contributed by atoms with Gasteiger partial charge in [-0.3, -0.25) is 5.32 Å². The van der Waals surface area contributed by atoms with Crippen molar-refractivity contribution in [3.8, 4) is 0 Å². The predicted molar refractivity (Wildman–Crippen MR) is 50.5 cm³/mol. The van der Waals surface area contributed by atoms with Gasteiger partial charge in [0.1, 0.15) is 17.3 Å². The zero-order valence-corrected chi connectivity index (χ0v) is 8.76. The summed E-state index contributed by atoms with van der Waals surface area (Å²) in [6, 6.07) is 0. The number of nitrogens with zero attached hydrogens (tertiary/aromatic N) is 2. The first-order chi connectivity index (χ1) is 7.39. The van der Waals surface area contributed by atoms with E-state index in [-0.39, 0.29) is 16.5 Å². The molecule has 1 aliphatic heterocycles. The Kier molecular flexibility index (Phi) is 2.42. The summed E-state index contributed by atoms with van der Waals surface area (Å²) in [6.07, 6.45) is -1.70. The first-order valence-corrected chi connectivity index (χ1v) is 4.63. The number of hydrogen-bond donors (Lipinski definition) is 1. The number of hydrogen-bond acceptors (Lipinski definition) is 4. The predicted octanol–water partition coefficient (Wildman–Crippen LogP) is 2.39. The Morgan fingerprint density at radius 2 is 2.25 bits per heavy atom. The molecule has 2 rings (SSSR count). The van der Waals surface area contributed by atoms with Gasteiger partial charge >= 0.3 is 6.09 Å². The van der Waals surface area contributed by atoms with Crippen LogP contribution in [0.4, 0.5) is 19.4 Å². The molecule has 1 aromatic rings. The van der Waals surface area contributed by atoms with Crippen LogP contribution in [-0.2, 0) is 4.74 Å². The molecule has 1 amide bonds. The highest BCUT2D eigenvalue weighted by Crippen LogP contribution is 2.42. The molecule has 0 aromatic carbocycles. The molecule has 1 atom stereocenters. The number of halogens is 3. The van der Waals surface area contributed by atoms with Gasteiger partial charge in [0.25, 0.3) is 5.92 Å². The minimum atomic E-state index is -3.26. The van der Waals surface area contributed by atoms with Gasteiger partial charge in [-0.15, -0.1) is 0 Å². The maximum absolute atomic E-state index is 13.2. The molecule has 1 N–H and O–H groups in total. The molecule has 8 heteroatoms. The second-order valence-electron chi connectivity index (χ2n) is 3.29. The van der Waals surface area contributed by atoms with Gasteiger partial charge in [0.15, 0.2) is 6.10 Å². The lowest BCUT2D eigenvalue weighted by atomic mass is 10.1. The number of rotatable bonds is 1. The van der Waals surface area contributed by atoms with Crippen LogP contribution < -0.4 is 5.32 Å². The fourth-order valence-electron chi connectivity index (χ4n) is 1.36. The summed E-state index contributed by atoms with van der Waals surface area (Å²) in [5.41, 5.74) is -0.115. The lowest BCUT2D eigenvalue weighted by Crippen LogP contribution is -2.35. The average molecular weight is 250 g/mol. The van der Waals surface area contributed by atoms with Crippen molar-refractivity contribution in [3.63, 3.8) is 0 Å². The van der Waals surface area contributed by atoms with Crippen molar-refractivity contribution >= 4 is 23.5 Å². The van der Waals surface area contributed by atoms with Crippen molar-refractivity contribution in [3.05, 3.63) is 17.0 Å². The van der Waals surface area contributed by atoms with E-state index < -0.39 is 18.1 Å². The molecule has 0 saturated heterocycles. The molecular formula is C8H6ClF2N3O2. The molecule has 0 bridgehead atoms. The van der Waals surface area contributed by atoms with Gasteiger partial charge in [0, 0.05) is 6.92 Å². The first kappa shape index (κ1) is 11.0. The van der Waals surface area contributed by atoms with Crippen LogP contribution in [0.1, 0.15) is 18.6 Å². The summed E-state index contributed by atoms with van der Waals surface area (Å²) < 4.78 is 30.9. The minimum absolute atomic E-state index is 0.0530. The van der Waals surface area contributed by atoms with Crippen LogP contribution in [0.25, 0.3) is 0 Å². The summed E-state index contributed by atoms with van der Waals surface area (Å²) in [5.74, 6) is -3.32. The summed E-state index contributed by atoms with van der Waals surface area (Å²) in [5, 5.41) is 2.00. The number of nitrogens with one attached hydrogen (secondary N) is 1. The molecule has 2 heterocycles. The number of carbonyl (C=O) groups excluding carboxylic acids is 1. The highest BCUT2D eigenvalue weighted by Gasteiger charge is 2.45. The van der Waals surface area contributed by atoms with Crippen LogP contribution in [0.3, 0.4) is 0 Å². The maximum atomic E-state index is 13.2. The number of aromatic nitrogens is 2. The zero-order chi connectivity index (χ0) is 11.9. The zero-order valence-electron chi connectivity index (χ0n) is 8.00. The number of amides is 1. The second kappa shape index (κ2) is 3.51. The Hall–Kier alpha value is -1.50. The number of carbonyl (C=O) groups is 1. The Labute approximate surface area is 93.8 Å². The fraction of sp³-hybridized carbons (Fsp3) is 0.375. The van der Waals surface area contributed by atoms with Crippen LogP contribution in [-0.4, -0.2) is 22.0 Å². The van der Waals surface area contributed by atoms with Gasteiger partial charge in [0.05, 0.1) is 5.56 Å². The number of cyclic esters (lactones) is 1. The van der Waals surface area contributed by atoms with Crippen LogP contribution >= 0.6 is 11.6 Å². The van der Waals surface area contributed by atoms with E-state index in [9.17, 15) is 13.6 Å². The summed E-state index contributed by atoms with van der Waals surface area (Å²) in [6.45, 7) is 0.628. The molecule has 1 aromatic heterocycles. The third-order valence-electron chi connectivity index (χ3n) is 2.00. The Morgan fingerprint density at radius 3 is 2.88 bits per heavy atom. The summed E-state index contributed by atoms with van der Waals surface area (Å²) in [7, 11) is 0. The molecule has 86 valence electrons. The third kappa shape index (κ3) is 1.78. The van der Waals surface area contributed by atoms with E-state index in [1.54, 1.807) is 0 Å². The monoisotopic (exact) mass is 249 g/mol. The Balaban J connectivity index is 2.56. The van der Waals surface area contributed by atoms with Gasteiger partial charge in [-0.25, -0.2) is 23.5 Å². The largest absolute Gasteiger partial charge is 0.434 e. The number of fused-ring (bicyclic) bond motifs is 1. The fourth-order valence-corrected chi connectivity index (χ4v) is 1.59. The maximum Gasteiger partial charge on any atom is 0.413 e. The molecule has 0 saturated carbocycles. The normalized spacial score (nSPS) is 19.8. The molecule has 0 aliphatic carbocycles. The van der Waals surface area contributed by atoms with E-state index in [0.29, 0.717) is 6.92 Å². The van der Waals surface area contributed by atoms with Gasteiger partial charge in [-0.2, -0.15) is 0 Å². The van der Waals surface area contributed by atoms with Crippen molar-refractivity contribution in [2.75, 3.05) is 5.32 Å². The number of alkyl halides is 2. The summed E-state index contributed by atoms with van der Waals surface area (Å²) in [4.78, 5) is 18.2. The molecule has 0 fully saturated rings. The van der Waals surface area contributed by atoms with Crippen molar-refractivity contribution in [1.29, 1.82) is 0 Å². The number of ether oxygens (including phenoxy) is 1. The van der Waals surface area contributed by atoms with Crippen LogP contribution in [0.15, 0.2) is 6.33 Å². The van der Waals surface area contributed by atoms with Gasteiger partial charge in [0.2, 0.25) is 0 Å². The smallest absolute Gasteiger partial charge is 0.413 e. The van der Waals surface area contributed by atoms with Crippen molar-refractivity contribution in [1.82, 2.24) is 9.97 Å². The molecule has 0 unspecified atom stereocenters. The molecule has 5 nitrogen and oxygen atoms in total. The van der Waals surface area contributed by atoms with Gasteiger partial charge in [-0.05, 0) is 0 Å². The first-order valence-electron chi connectivity index (χ1n) is 4.25. The highest BCUT2D eigenvalue weighted by molar-refractivity contribution is 6.30. The molecule has 1 aliphatic rings. The van der Waals surface area contributed by atoms with Crippen molar-refractivity contribution in [2.45, 2.75) is 19.0 Å². The van der Waals surface area contributed by atoms with Crippen LogP contribution in [0, 0.1) is 0 Å². The Bertz CT molecular complexity index is 449. The molecular weight excluding hydrogens is 244 g/mol. The van der Waals surface area contributed by atoms with Crippen LogP contribution in [0.2, 0.25) is 5.15 Å². The van der Waals surface area contributed by atoms with E-state index in [1.807, 2.05) is 0 Å². The van der Waals surface area contributed by atoms with Crippen molar-refractivity contribution in [2.24, 2.45) is 0 Å². The van der Waals surface area contributed by atoms with E-state index in [4.69, 9.17) is 11.6 Å². The minimum Gasteiger partial charge on any atom is -0.434 e.